The van der Waals surface area contributed by atoms with E-state index in [1.807, 2.05) is 0 Å². The minimum Gasteiger partial charge on any atom is -0.371 e. The fourth-order valence-electron chi connectivity index (χ4n) is 3.33. The Morgan fingerprint density at radius 1 is 0.900 bits per heavy atom. The third-order valence-electron chi connectivity index (χ3n) is 4.71. The van der Waals surface area contributed by atoms with Crippen LogP contribution in [0, 0.1) is 0 Å². The van der Waals surface area contributed by atoms with E-state index in [0.29, 0.717) is 0 Å². The first-order chi connectivity index (χ1) is 9.72. The van der Waals surface area contributed by atoms with E-state index in [1.54, 1.807) is 0 Å². The van der Waals surface area contributed by atoms with Crippen molar-refractivity contribution in [1.82, 2.24) is 9.80 Å². The Morgan fingerprint density at radius 3 is 2.10 bits per heavy atom. The normalized spacial score (nSPS) is 23.2. The van der Waals surface area contributed by atoms with Gasteiger partial charge in [-0.3, -0.25) is 4.90 Å². The molecule has 2 aliphatic heterocycles. The van der Waals surface area contributed by atoms with Gasteiger partial charge >= 0.3 is 0 Å². The first-order valence-electron chi connectivity index (χ1n) is 7.65. The summed E-state index contributed by atoms with van der Waals surface area (Å²) in [6.07, 6.45) is 2.61. The van der Waals surface area contributed by atoms with Crippen molar-refractivity contribution in [2.45, 2.75) is 18.9 Å². The minimum atomic E-state index is 0.801. The second kappa shape index (κ2) is 6.46. The van der Waals surface area contributed by atoms with E-state index >= 15 is 0 Å². The number of piperidine rings is 1. The lowest BCUT2D eigenvalue weighted by molar-refractivity contribution is 0.0982. The highest BCUT2D eigenvalue weighted by molar-refractivity contribution is 9.10. The molecule has 0 aromatic heterocycles. The summed E-state index contributed by atoms with van der Waals surface area (Å²) >= 11 is 3.51. The lowest BCUT2D eigenvalue weighted by Crippen LogP contribution is -2.52. The fourth-order valence-corrected chi connectivity index (χ4v) is 3.59. The van der Waals surface area contributed by atoms with Gasteiger partial charge in [0.1, 0.15) is 0 Å². The van der Waals surface area contributed by atoms with E-state index in [1.165, 1.54) is 57.8 Å². The molecule has 0 radical (unpaired) electrons. The third kappa shape index (κ3) is 3.35. The van der Waals surface area contributed by atoms with Crippen molar-refractivity contribution in [3.05, 3.63) is 28.7 Å². The average molecular weight is 338 g/mol. The maximum atomic E-state index is 3.51. The Balaban J connectivity index is 1.53. The van der Waals surface area contributed by atoms with Crippen LogP contribution in [-0.4, -0.2) is 62.2 Å². The van der Waals surface area contributed by atoms with Crippen molar-refractivity contribution in [3.8, 4) is 0 Å². The molecule has 0 N–H and O–H groups in total. The predicted molar refractivity (Wildman–Crippen MR) is 88.4 cm³/mol. The summed E-state index contributed by atoms with van der Waals surface area (Å²) in [4.78, 5) is 7.67. The van der Waals surface area contributed by atoms with Gasteiger partial charge in [-0.15, -0.1) is 0 Å². The molecule has 0 atom stereocenters. The summed E-state index contributed by atoms with van der Waals surface area (Å²) in [5.41, 5.74) is 1.37. The maximum absolute atomic E-state index is 3.51. The molecule has 0 saturated carbocycles. The van der Waals surface area contributed by atoms with Gasteiger partial charge in [0, 0.05) is 55.5 Å². The van der Waals surface area contributed by atoms with Gasteiger partial charge in [0.15, 0.2) is 0 Å². The monoisotopic (exact) mass is 337 g/mol. The van der Waals surface area contributed by atoms with Crippen LogP contribution in [-0.2, 0) is 0 Å². The van der Waals surface area contributed by atoms with Crippen molar-refractivity contribution in [1.29, 1.82) is 0 Å². The Labute approximate surface area is 130 Å². The van der Waals surface area contributed by atoms with Crippen LogP contribution in [0.25, 0.3) is 0 Å². The molecular weight excluding hydrogens is 314 g/mol. The molecule has 2 heterocycles. The molecule has 4 heteroatoms. The molecule has 0 amide bonds. The van der Waals surface area contributed by atoms with Crippen LogP contribution in [0.3, 0.4) is 0 Å². The summed E-state index contributed by atoms with van der Waals surface area (Å²) in [7, 11) is 2.23. The zero-order chi connectivity index (χ0) is 13.9. The average Bonchev–Trinajstić information content (AvgIpc) is 2.49. The van der Waals surface area contributed by atoms with Crippen LogP contribution in [0.2, 0.25) is 0 Å². The van der Waals surface area contributed by atoms with Crippen LogP contribution < -0.4 is 4.90 Å². The van der Waals surface area contributed by atoms with Gasteiger partial charge in [-0.05, 0) is 44.2 Å². The number of anilines is 1. The van der Waals surface area contributed by atoms with Gasteiger partial charge in [0.2, 0.25) is 0 Å². The third-order valence-corrected chi connectivity index (χ3v) is 5.24. The highest BCUT2D eigenvalue weighted by Gasteiger charge is 2.26. The number of benzene rings is 1. The molecule has 20 heavy (non-hydrogen) atoms. The van der Waals surface area contributed by atoms with Crippen molar-refractivity contribution in [2.24, 2.45) is 0 Å². The largest absolute Gasteiger partial charge is 0.371 e. The second-order valence-corrected chi connectivity index (χ2v) is 6.95. The number of rotatable bonds is 2. The molecular formula is C16H24BrN3. The molecule has 0 spiro atoms. The molecule has 0 bridgehead atoms. The highest BCUT2D eigenvalue weighted by atomic mass is 79.9. The van der Waals surface area contributed by atoms with Gasteiger partial charge < -0.3 is 9.80 Å². The van der Waals surface area contributed by atoms with E-state index < -0.39 is 0 Å². The van der Waals surface area contributed by atoms with Crippen LogP contribution in [0.5, 0.6) is 0 Å². The summed E-state index contributed by atoms with van der Waals surface area (Å²) in [6, 6.07) is 9.53. The lowest BCUT2D eigenvalue weighted by atomic mass is 10.0. The van der Waals surface area contributed by atoms with Gasteiger partial charge in [0.05, 0.1) is 0 Å². The molecule has 110 valence electrons. The molecule has 1 aromatic carbocycles. The topological polar surface area (TPSA) is 9.72 Å². The molecule has 3 rings (SSSR count). The number of halogens is 1. The van der Waals surface area contributed by atoms with E-state index in [2.05, 4.69) is 61.9 Å². The zero-order valence-corrected chi connectivity index (χ0v) is 13.8. The quantitative estimate of drug-likeness (QED) is 0.821. The zero-order valence-electron chi connectivity index (χ0n) is 12.3. The SMILES string of the molecule is CN1CCN(C2CCN(c3ccc(Br)cc3)CC2)CC1. The molecule has 0 unspecified atom stereocenters. The van der Waals surface area contributed by atoms with Crippen molar-refractivity contribution in [3.63, 3.8) is 0 Å². The smallest absolute Gasteiger partial charge is 0.0366 e. The molecule has 0 aliphatic carbocycles. The van der Waals surface area contributed by atoms with Crippen molar-refractivity contribution >= 4 is 21.6 Å². The second-order valence-electron chi connectivity index (χ2n) is 6.03. The van der Waals surface area contributed by atoms with Gasteiger partial charge in [-0.25, -0.2) is 0 Å². The predicted octanol–water partition coefficient (Wildman–Crippen LogP) is 2.67. The standard InChI is InChI=1S/C16H24BrN3/c1-18-10-12-20(13-11-18)16-6-8-19(9-7-16)15-4-2-14(17)3-5-15/h2-5,16H,6-13H2,1H3. The number of hydrogen-bond donors (Lipinski definition) is 0. The Bertz CT molecular complexity index is 418. The van der Waals surface area contributed by atoms with Crippen LogP contribution >= 0.6 is 15.9 Å². The van der Waals surface area contributed by atoms with E-state index in [0.717, 1.165) is 10.5 Å². The Morgan fingerprint density at radius 2 is 1.50 bits per heavy atom. The minimum absolute atomic E-state index is 0.801. The van der Waals surface area contributed by atoms with Crippen molar-refractivity contribution in [2.75, 3.05) is 51.2 Å². The van der Waals surface area contributed by atoms with Gasteiger partial charge in [-0.1, -0.05) is 15.9 Å². The fraction of sp³-hybridized carbons (Fsp3) is 0.625. The summed E-state index contributed by atoms with van der Waals surface area (Å²) in [6.45, 7) is 7.34. The highest BCUT2D eigenvalue weighted by Crippen LogP contribution is 2.24. The van der Waals surface area contributed by atoms with Gasteiger partial charge in [-0.2, -0.15) is 0 Å². The molecule has 2 aliphatic rings. The first kappa shape index (κ1) is 14.4. The lowest BCUT2D eigenvalue weighted by Gasteiger charge is -2.42. The number of nitrogens with zero attached hydrogens (tertiary/aromatic N) is 3. The molecule has 1 aromatic rings. The summed E-state index contributed by atoms with van der Waals surface area (Å²) in [5.74, 6) is 0. The molecule has 2 saturated heterocycles. The summed E-state index contributed by atoms with van der Waals surface area (Å²) in [5, 5.41) is 0. The Kier molecular flexibility index (Phi) is 4.64. The van der Waals surface area contributed by atoms with E-state index in [9.17, 15) is 0 Å². The molecule has 3 nitrogen and oxygen atoms in total. The van der Waals surface area contributed by atoms with Crippen molar-refractivity contribution < 1.29 is 0 Å². The summed E-state index contributed by atoms with van der Waals surface area (Å²) < 4.78 is 1.16. The number of piperazine rings is 1. The first-order valence-corrected chi connectivity index (χ1v) is 8.45. The van der Waals surface area contributed by atoms with Gasteiger partial charge in [0.25, 0.3) is 0 Å². The van der Waals surface area contributed by atoms with E-state index in [-0.39, 0.29) is 0 Å². The number of likely N-dealkylation sites (N-methyl/N-ethyl adjacent to an activating group) is 1. The van der Waals surface area contributed by atoms with Crippen LogP contribution in [0.4, 0.5) is 5.69 Å². The van der Waals surface area contributed by atoms with E-state index in [4.69, 9.17) is 0 Å². The maximum Gasteiger partial charge on any atom is 0.0366 e. The van der Waals surface area contributed by atoms with Crippen LogP contribution in [0.1, 0.15) is 12.8 Å². The number of hydrogen-bond acceptors (Lipinski definition) is 3. The molecule has 2 fully saturated rings. The van der Waals surface area contributed by atoms with Crippen LogP contribution in [0.15, 0.2) is 28.7 Å². The Hall–Kier alpha value is -0.580.